The molecule has 4 aromatic rings. The summed E-state index contributed by atoms with van der Waals surface area (Å²) in [5, 5.41) is 23.3. The highest BCUT2D eigenvalue weighted by Gasteiger charge is 2.40. The van der Waals surface area contributed by atoms with Gasteiger partial charge >= 0.3 is 12.1 Å². The van der Waals surface area contributed by atoms with Crippen LogP contribution in [0, 0.1) is 5.92 Å². The Morgan fingerprint density at radius 3 is 2.37 bits per heavy atom. The number of carboxylic acids is 1. The van der Waals surface area contributed by atoms with E-state index in [4.69, 9.17) is 30.8 Å². The topological polar surface area (TPSA) is 126 Å². The van der Waals surface area contributed by atoms with Crippen LogP contribution in [-0.4, -0.2) is 70.0 Å². The molecule has 3 N–H and O–H groups in total. The lowest BCUT2D eigenvalue weighted by Gasteiger charge is -2.41. The molecule has 7 rings (SSSR count). The molecular weight excluding hydrogens is 725 g/mol. The number of ether oxygens (including phenoxy) is 3. The lowest BCUT2D eigenvalue weighted by Crippen LogP contribution is -2.51. The number of halogens is 4. The number of methoxy groups -OCH3 is 2. The number of nitrogens with zero attached hydrogens (tertiary/aromatic N) is 3. The SMILES string of the molecule is COc1nc(-c2cccc(-c3cccc4c3CC[C@@H]4Oc3nc(OC)c(CN4CC[C@@H](C(=O)O)C4)cc3C(F)(F)F)c2Cl)ccc1CN[C@H]1C[C@](C)(O)C1. The predicted octanol–water partition coefficient (Wildman–Crippen LogP) is 7.48. The Labute approximate surface area is 316 Å². The first-order valence-electron chi connectivity index (χ1n) is 17.9. The zero-order valence-electron chi connectivity index (χ0n) is 30.2. The highest BCUT2D eigenvalue weighted by molar-refractivity contribution is 6.36. The number of aliphatic carboxylic acids is 1. The van der Waals surface area contributed by atoms with Crippen molar-refractivity contribution in [2.45, 2.75) is 76.0 Å². The van der Waals surface area contributed by atoms with Crippen molar-refractivity contribution < 1.29 is 42.4 Å². The van der Waals surface area contributed by atoms with Crippen molar-refractivity contribution in [3.05, 3.63) is 87.4 Å². The maximum absolute atomic E-state index is 14.5. The normalized spacial score (nSPS) is 22.5. The Bertz CT molecular complexity index is 2050. The first-order valence-corrected chi connectivity index (χ1v) is 18.3. The average Bonchev–Trinajstić information content (AvgIpc) is 3.77. The summed E-state index contributed by atoms with van der Waals surface area (Å²) in [5.41, 5.74) is 4.01. The minimum atomic E-state index is -4.76. The van der Waals surface area contributed by atoms with Crippen LogP contribution in [0.4, 0.5) is 13.2 Å². The quantitative estimate of drug-likeness (QED) is 0.134. The summed E-state index contributed by atoms with van der Waals surface area (Å²) in [6.07, 6.45) is -2.73. The second-order valence-corrected chi connectivity index (χ2v) is 15.0. The van der Waals surface area contributed by atoms with E-state index >= 15 is 0 Å². The molecule has 54 heavy (non-hydrogen) atoms. The molecule has 0 radical (unpaired) electrons. The van der Waals surface area contributed by atoms with Gasteiger partial charge < -0.3 is 29.7 Å². The van der Waals surface area contributed by atoms with Gasteiger partial charge in [-0.1, -0.05) is 54.1 Å². The molecule has 14 heteroatoms. The predicted molar refractivity (Wildman–Crippen MR) is 196 cm³/mol. The number of aliphatic hydroxyl groups is 1. The summed E-state index contributed by atoms with van der Waals surface area (Å²) < 4.78 is 60.7. The average molecular weight is 767 g/mol. The Hall–Kier alpha value is -4.43. The largest absolute Gasteiger partial charge is 0.481 e. The van der Waals surface area contributed by atoms with Gasteiger partial charge in [0.2, 0.25) is 17.6 Å². The number of carbonyl (C=O) groups is 1. The monoisotopic (exact) mass is 766 g/mol. The van der Waals surface area contributed by atoms with Crippen molar-refractivity contribution in [3.63, 3.8) is 0 Å². The number of hydrogen-bond donors (Lipinski definition) is 3. The number of aromatic nitrogens is 2. The van der Waals surface area contributed by atoms with Gasteiger partial charge in [-0.15, -0.1) is 0 Å². The number of benzene rings is 2. The summed E-state index contributed by atoms with van der Waals surface area (Å²) in [7, 11) is 2.90. The zero-order valence-corrected chi connectivity index (χ0v) is 30.9. The van der Waals surface area contributed by atoms with E-state index in [1.807, 2.05) is 55.5 Å². The summed E-state index contributed by atoms with van der Waals surface area (Å²) in [6.45, 7) is 3.10. The number of likely N-dealkylation sites (tertiary alicyclic amines) is 1. The third-order valence-corrected chi connectivity index (χ3v) is 11.1. The fourth-order valence-electron chi connectivity index (χ4n) is 7.92. The number of alkyl halides is 3. The minimum Gasteiger partial charge on any atom is -0.481 e. The first-order chi connectivity index (χ1) is 25.7. The molecule has 286 valence electrons. The molecule has 2 aromatic carbocycles. The van der Waals surface area contributed by atoms with E-state index in [2.05, 4.69) is 10.3 Å². The molecule has 1 aliphatic heterocycles. The van der Waals surface area contributed by atoms with Crippen molar-refractivity contribution in [3.8, 4) is 40.0 Å². The maximum Gasteiger partial charge on any atom is 0.421 e. The van der Waals surface area contributed by atoms with Crippen LogP contribution in [0.2, 0.25) is 5.02 Å². The Kier molecular flexibility index (Phi) is 10.5. The summed E-state index contributed by atoms with van der Waals surface area (Å²) >= 11 is 7.11. The molecule has 0 unspecified atom stereocenters. The molecule has 1 saturated heterocycles. The molecule has 1 saturated carbocycles. The van der Waals surface area contributed by atoms with Crippen molar-refractivity contribution >= 4 is 17.6 Å². The first kappa shape index (κ1) is 37.9. The molecule has 0 amide bonds. The third kappa shape index (κ3) is 7.72. The molecule has 3 aliphatic rings. The highest BCUT2D eigenvalue weighted by atomic mass is 35.5. The van der Waals surface area contributed by atoms with Gasteiger partial charge in [-0.05, 0) is 74.4 Å². The lowest BCUT2D eigenvalue weighted by atomic mass is 9.77. The molecule has 0 bridgehead atoms. The van der Waals surface area contributed by atoms with E-state index < -0.39 is 41.2 Å². The van der Waals surface area contributed by atoms with Crippen LogP contribution in [0.25, 0.3) is 22.4 Å². The van der Waals surface area contributed by atoms with Gasteiger partial charge in [0.25, 0.3) is 0 Å². The molecule has 10 nitrogen and oxygen atoms in total. The van der Waals surface area contributed by atoms with Gasteiger partial charge in [-0.25, -0.2) is 4.98 Å². The number of pyridine rings is 2. The number of hydrogen-bond acceptors (Lipinski definition) is 9. The van der Waals surface area contributed by atoms with E-state index in [0.29, 0.717) is 67.4 Å². The number of carboxylic acid groups (broad SMARTS) is 1. The van der Waals surface area contributed by atoms with Crippen molar-refractivity contribution in [2.24, 2.45) is 5.92 Å². The van der Waals surface area contributed by atoms with Gasteiger partial charge in [0.1, 0.15) is 11.7 Å². The van der Waals surface area contributed by atoms with Crippen LogP contribution < -0.4 is 19.5 Å². The summed E-state index contributed by atoms with van der Waals surface area (Å²) in [4.78, 5) is 22.2. The van der Waals surface area contributed by atoms with Crippen molar-refractivity contribution in [1.29, 1.82) is 0 Å². The Morgan fingerprint density at radius 1 is 0.981 bits per heavy atom. The van der Waals surface area contributed by atoms with E-state index in [-0.39, 0.29) is 30.6 Å². The standard InChI is InChI=1S/C40H42ClF3N4O6/c1-39(51)17-25(18-39)45-19-22-10-12-32(46-35(22)52-2)30-9-5-8-29(34(30)41)26-6-4-7-28-27(26)11-13-33(28)54-37-31(40(42,43)44)16-24(36(47-37)53-3)21-48-15-14-23(20-48)38(49)50/h4-10,12,16,23,25,33,45,51H,11,13-15,17-21H2,1-3H3,(H,49,50)/t23-,25-,33+,39-/m1/s1. The smallest absolute Gasteiger partial charge is 0.421 e. The molecule has 2 aromatic heterocycles. The molecular formula is C40H42ClF3N4O6. The third-order valence-electron chi connectivity index (χ3n) is 10.7. The van der Waals surface area contributed by atoms with Gasteiger partial charge in [-0.3, -0.25) is 9.69 Å². The molecule has 2 aliphatic carbocycles. The van der Waals surface area contributed by atoms with E-state index in [0.717, 1.165) is 33.9 Å². The van der Waals surface area contributed by atoms with Gasteiger partial charge in [-0.2, -0.15) is 18.2 Å². The number of fused-ring (bicyclic) bond motifs is 1. The van der Waals surface area contributed by atoms with E-state index in [1.54, 1.807) is 12.0 Å². The van der Waals surface area contributed by atoms with Gasteiger partial charge in [0.05, 0.1) is 36.5 Å². The Morgan fingerprint density at radius 2 is 1.69 bits per heavy atom. The van der Waals surface area contributed by atoms with Crippen molar-refractivity contribution in [1.82, 2.24) is 20.2 Å². The molecule has 3 heterocycles. The second-order valence-electron chi connectivity index (χ2n) is 14.6. The van der Waals surface area contributed by atoms with Crippen LogP contribution in [0.3, 0.4) is 0 Å². The summed E-state index contributed by atoms with van der Waals surface area (Å²) in [6, 6.07) is 16.4. The second kappa shape index (κ2) is 15.0. The minimum absolute atomic E-state index is 0.00510. The highest BCUT2D eigenvalue weighted by Crippen LogP contribution is 2.46. The van der Waals surface area contributed by atoms with Crippen LogP contribution >= 0.6 is 11.6 Å². The number of rotatable bonds is 12. The Balaban J connectivity index is 1.14. The van der Waals surface area contributed by atoms with Crippen molar-refractivity contribution in [2.75, 3.05) is 27.3 Å². The fraction of sp³-hybridized carbons (Fsp3) is 0.425. The van der Waals surface area contributed by atoms with E-state index in [9.17, 15) is 28.2 Å². The van der Waals surface area contributed by atoms with E-state index in [1.165, 1.54) is 7.11 Å². The van der Waals surface area contributed by atoms with Gasteiger partial charge in [0.15, 0.2) is 0 Å². The lowest BCUT2D eigenvalue weighted by molar-refractivity contribution is -0.141. The maximum atomic E-state index is 14.5. The van der Waals surface area contributed by atoms with Crippen LogP contribution in [0.1, 0.15) is 66.5 Å². The molecule has 0 spiro atoms. The van der Waals surface area contributed by atoms with Gasteiger partial charge in [0, 0.05) is 47.9 Å². The van der Waals surface area contributed by atoms with Crippen LogP contribution in [-0.2, 0) is 30.5 Å². The fourth-order valence-corrected chi connectivity index (χ4v) is 8.24. The molecule has 2 atom stereocenters. The van der Waals surface area contributed by atoms with Crippen LogP contribution in [0.5, 0.6) is 17.6 Å². The van der Waals surface area contributed by atoms with Crippen LogP contribution in [0.15, 0.2) is 54.6 Å². The number of nitrogens with one attached hydrogen (secondary N) is 1. The molecule has 2 fully saturated rings. The summed E-state index contributed by atoms with van der Waals surface area (Å²) in [5.74, 6) is -1.61. The zero-order chi connectivity index (χ0) is 38.4.